The molecule has 0 spiro atoms. The zero-order valence-corrected chi connectivity index (χ0v) is 11.6. The number of hydrogen-bond donors (Lipinski definition) is 2. The van der Waals surface area contributed by atoms with E-state index in [0.717, 1.165) is 31.2 Å². The van der Waals surface area contributed by atoms with E-state index in [4.69, 9.17) is 5.26 Å². The van der Waals surface area contributed by atoms with Crippen LogP contribution in [0.15, 0.2) is 35.5 Å². The highest BCUT2D eigenvalue weighted by Crippen LogP contribution is 2.40. The van der Waals surface area contributed by atoms with Gasteiger partial charge in [-0.25, -0.2) is 4.39 Å². The molecule has 1 aromatic carbocycles. The molecule has 1 heterocycles. The fraction of sp³-hybridized carbons (Fsp3) is 0.214. The van der Waals surface area contributed by atoms with Gasteiger partial charge in [0.2, 0.25) is 0 Å². The second-order valence-corrected chi connectivity index (χ2v) is 4.78. The summed E-state index contributed by atoms with van der Waals surface area (Å²) in [6.45, 7) is 1.11. The average molecular weight is 327 g/mol. The number of nitrogens with zero attached hydrogens (tertiary/aromatic N) is 1. The normalized spacial score (nSPS) is 21.0. The van der Waals surface area contributed by atoms with Gasteiger partial charge in [-0.05, 0) is 25.1 Å². The first-order valence-electron chi connectivity index (χ1n) is 6.21. The van der Waals surface area contributed by atoms with Crippen molar-refractivity contribution in [2.24, 2.45) is 0 Å². The third kappa shape index (κ3) is 2.52. The van der Waals surface area contributed by atoms with Crippen LogP contribution < -0.4 is 10.6 Å². The monoisotopic (exact) mass is 327 g/mol. The number of nitrogens with one attached hydrogen (secondary N) is 2. The minimum atomic E-state index is -5.26. The van der Waals surface area contributed by atoms with Gasteiger partial charge in [0.1, 0.15) is 5.82 Å². The molecule has 1 aliphatic heterocycles. The van der Waals surface area contributed by atoms with Crippen molar-refractivity contribution < 1.29 is 27.2 Å². The van der Waals surface area contributed by atoms with E-state index < -0.39 is 40.5 Å². The van der Waals surface area contributed by atoms with Gasteiger partial charge in [0.25, 0.3) is 17.4 Å². The maximum Gasteiger partial charge on any atom is 0.425 e. The first-order valence-corrected chi connectivity index (χ1v) is 6.21. The second-order valence-electron chi connectivity index (χ2n) is 4.78. The Hall–Kier alpha value is -2.89. The van der Waals surface area contributed by atoms with Gasteiger partial charge in [0, 0.05) is 11.3 Å². The fourth-order valence-corrected chi connectivity index (χ4v) is 2.22. The van der Waals surface area contributed by atoms with Gasteiger partial charge in [-0.3, -0.25) is 9.59 Å². The third-order valence-electron chi connectivity index (χ3n) is 3.32. The van der Waals surface area contributed by atoms with E-state index >= 15 is 0 Å². The Morgan fingerprint density at radius 1 is 1.39 bits per heavy atom. The molecule has 0 saturated carbocycles. The van der Waals surface area contributed by atoms with Crippen LogP contribution in [0.5, 0.6) is 0 Å². The van der Waals surface area contributed by atoms with Crippen molar-refractivity contribution in [2.75, 3.05) is 0 Å². The summed E-state index contributed by atoms with van der Waals surface area (Å²) in [4.78, 5) is 23.9. The number of carbonyl (C=O) groups excluding carboxylic acids is 2. The van der Waals surface area contributed by atoms with Crippen molar-refractivity contribution in [3.8, 4) is 6.07 Å². The molecule has 0 unspecified atom stereocenters. The number of alkyl halides is 3. The molecule has 0 fully saturated rings. The Morgan fingerprint density at radius 2 is 2.04 bits per heavy atom. The molecule has 2 amide bonds. The van der Waals surface area contributed by atoms with E-state index in [2.05, 4.69) is 0 Å². The zero-order chi connectivity index (χ0) is 17.4. The lowest BCUT2D eigenvalue weighted by molar-refractivity contribution is -0.184. The van der Waals surface area contributed by atoms with Crippen LogP contribution in [0.1, 0.15) is 17.3 Å². The van der Waals surface area contributed by atoms with Gasteiger partial charge in [-0.1, -0.05) is 6.07 Å². The second kappa shape index (κ2) is 5.39. The van der Waals surface area contributed by atoms with Crippen LogP contribution in [0.25, 0.3) is 0 Å². The SMILES string of the molecule is CC1=C(C#N)[C@](NC(=O)c2cccc(F)c2)(C(F)(F)F)C(=O)N1. The summed E-state index contributed by atoms with van der Waals surface area (Å²) in [6.07, 6.45) is -5.26. The van der Waals surface area contributed by atoms with Crippen molar-refractivity contribution in [3.63, 3.8) is 0 Å². The van der Waals surface area contributed by atoms with E-state index in [1.54, 1.807) is 0 Å². The van der Waals surface area contributed by atoms with Crippen LogP contribution in [-0.2, 0) is 4.79 Å². The van der Waals surface area contributed by atoms with Crippen LogP contribution in [0.2, 0.25) is 0 Å². The molecular formula is C14H9F4N3O2. The molecule has 0 aliphatic carbocycles. The van der Waals surface area contributed by atoms with E-state index in [1.807, 2.05) is 5.32 Å². The first-order chi connectivity index (χ1) is 10.6. The van der Waals surface area contributed by atoms with Crippen molar-refractivity contribution in [1.29, 1.82) is 5.26 Å². The number of amides is 2. The molecule has 5 nitrogen and oxygen atoms in total. The topological polar surface area (TPSA) is 82.0 Å². The number of halogens is 4. The number of nitriles is 1. The molecule has 9 heteroatoms. The Kier molecular flexibility index (Phi) is 3.86. The zero-order valence-electron chi connectivity index (χ0n) is 11.6. The average Bonchev–Trinajstić information content (AvgIpc) is 2.69. The van der Waals surface area contributed by atoms with Gasteiger partial charge in [0.05, 0.1) is 11.6 Å². The number of carbonyl (C=O) groups is 2. The molecule has 23 heavy (non-hydrogen) atoms. The minimum absolute atomic E-state index is 0.311. The van der Waals surface area contributed by atoms with E-state index in [1.165, 1.54) is 11.4 Å². The predicted molar refractivity (Wildman–Crippen MR) is 69.1 cm³/mol. The molecule has 0 bridgehead atoms. The van der Waals surface area contributed by atoms with Crippen molar-refractivity contribution >= 4 is 11.8 Å². The summed E-state index contributed by atoms with van der Waals surface area (Å²) in [5, 5.41) is 12.4. The standard InChI is InChI=1S/C14H9F4N3O2/c1-7-10(6-19)13(12(23)20-7,14(16,17)18)21-11(22)8-3-2-4-9(15)5-8/h2-5H,1H3,(H,20,23)(H,21,22)/t13-/m1/s1. The smallest absolute Gasteiger partial charge is 0.326 e. The van der Waals surface area contributed by atoms with Crippen molar-refractivity contribution in [3.05, 3.63) is 46.9 Å². The molecule has 2 rings (SSSR count). The summed E-state index contributed by atoms with van der Waals surface area (Å²) in [5.74, 6) is -3.76. The summed E-state index contributed by atoms with van der Waals surface area (Å²) >= 11 is 0. The van der Waals surface area contributed by atoms with Gasteiger partial charge in [-0.2, -0.15) is 18.4 Å². The maximum absolute atomic E-state index is 13.5. The molecular weight excluding hydrogens is 318 g/mol. The Labute approximate surface area is 127 Å². The lowest BCUT2D eigenvalue weighted by Crippen LogP contribution is -2.64. The third-order valence-corrected chi connectivity index (χ3v) is 3.32. The van der Waals surface area contributed by atoms with Crippen LogP contribution in [-0.4, -0.2) is 23.5 Å². The highest BCUT2D eigenvalue weighted by atomic mass is 19.4. The first kappa shape index (κ1) is 16.5. The number of rotatable bonds is 2. The summed E-state index contributed by atoms with van der Waals surface area (Å²) in [7, 11) is 0. The predicted octanol–water partition coefficient (Wildman–Crippen LogP) is 1.78. The maximum atomic E-state index is 13.5. The Bertz CT molecular complexity index is 764. The summed E-state index contributed by atoms with van der Waals surface area (Å²) < 4.78 is 53.6. The van der Waals surface area contributed by atoms with Crippen LogP contribution >= 0.6 is 0 Å². The minimum Gasteiger partial charge on any atom is -0.326 e. The number of allylic oxidation sites excluding steroid dienone is 1. The van der Waals surface area contributed by atoms with Crippen molar-refractivity contribution in [2.45, 2.75) is 18.6 Å². The van der Waals surface area contributed by atoms with Gasteiger partial charge in [0.15, 0.2) is 0 Å². The Balaban J connectivity index is 2.53. The van der Waals surface area contributed by atoms with Crippen LogP contribution in [0, 0.1) is 17.1 Å². The molecule has 0 radical (unpaired) electrons. The van der Waals surface area contributed by atoms with Gasteiger partial charge in [-0.15, -0.1) is 0 Å². The van der Waals surface area contributed by atoms with Crippen LogP contribution in [0.4, 0.5) is 17.6 Å². The molecule has 1 atom stereocenters. The summed E-state index contributed by atoms with van der Waals surface area (Å²) in [5.41, 5.74) is -5.19. The highest BCUT2D eigenvalue weighted by molar-refractivity contribution is 6.04. The van der Waals surface area contributed by atoms with Crippen LogP contribution in [0.3, 0.4) is 0 Å². The molecule has 2 N–H and O–H groups in total. The lowest BCUT2D eigenvalue weighted by atomic mass is 9.90. The molecule has 1 aliphatic rings. The van der Waals surface area contributed by atoms with Gasteiger partial charge >= 0.3 is 6.18 Å². The number of hydrogen-bond acceptors (Lipinski definition) is 3. The summed E-state index contributed by atoms with van der Waals surface area (Å²) in [6, 6.07) is 5.23. The quantitative estimate of drug-likeness (QED) is 0.813. The van der Waals surface area contributed by atoms with Crippen molar-refractivity contribution in [1.82, 2.24) is 10.6 Å². The number of benzene rings is 1. The largest absolute Gasteiger partial charge is 0.425 e. The molecule has 0 aromatic heterocycles. The van der Waals surface area contributed by atoms with E-state index in [-0.39, 0.29) is 5.70 Å². The molecule has 1 aromatic rings. The van der Waals surface area contributed by atoms with Gasteiger partial charge < -0.3 is 10.6 Å². The molecule has 120 valence electrons. The Morgan fingerprint density at radius 3 is 2.57 bits per heavy atom. The van der Waals surface area contributed by atoms with E-state index in [0.29, 0.717) is 0 Å². The lowest BCUT2D eigenvalue weighted by Gasteiger charge is -2.30. The highest BCUT2D eigenvalue weighted by Gasteiger charge is 2.67. The molecule has 0 saturated heterocycles. The fourth-order valence-electron chi connectivity index (χ4n) is 2.22. The van der Waals surface area contributed by atoms with E-state index in [9.17, 15) is 27.2 Å².